The standard InChI is InChI=1S/C17H31N2O4S.C12H14NO3.Y/c1-12(2)7-9-18-14(20)11-13(8-10-24-6)19-15(21)16(22)23-17(3,4)5;1-16-12(15)8-11(13-9-14)7-10-5-3-2-4-6-10;/h9,12-13H,7-8,10-11H2,1-6H3,(H,18,20)(H,19,21);2-6,11H,7-8H2,1H3,(H,13,14);/q2*-1;/t13-;11-;/m00./s1. The van der Waals surface area contributed by atoms with Gasteiger partial charge < -0.3 is 30.2 Å². The Morgan fingerprint density at radius 1 is 1.05 bits per heavy atom. The molecule has 0 aliphatic heterocycles. The molecule has 0 aliphatic carbocycles. The fraction of sp³-hybridized carbons (Fsp3) is 0.586. The Kier molecular flexibility index (Phi) is 23.7. The number of carbonyl (C=O) groups is 4. The van der Waals surface area contributed by atoms with Crippen molar-refractivity contribution < 1.29 is 66.2 Å². The molecule has 0 unspecified atom stereocenters. The van der Waals surface area contributed by atoms with Crippen molar-refractivity contribution in [3.8, 4) is 0 Å². The van der Waals surface area contributed by atoms with E-state index in [0.29, 0.717) is 18.8 Å². The number of esters is 2. The van der Waals surface area contributed by atoms with Crippen molar-refractivity contribution in [3.63, 3.8) is 0 Å². The summed E-state index contributed by atoms with van der Waals surface area (Å²) in [6, 6.07) is 8.95. The summed E-state index contributed by atoms with van der Waals surface area (Å²) in [6.07, 6.45) is 5.82. The molecule has 0 aliphatic rings. The molecule has 1 aromatic carbocycles. The van der Waals surface area contributed by atoms with Crippen LogP contribution in [0, 0.1) is 12.5 Å². The zero-order valence-electron chi connectivity index (χ0n) is 25.3. The molecule has 1 aromatic rings. The minimum atomic E-state index is -0.927. The van der Waals surface area contributed by atoms with Gasteiger partial charge in [0.05, 0.1) is 13.5 Å². The molecule has 0 spiro atoms. The molecule has 12 heteroatoms. The minimum Gasteiger partial charge on any atom is -0.527 e. The maximum absolute atomic E-state index is 12.0. The van der Waals surface area contributed by atoms with Gasteiger partial charge >= 0.3 is 17.8 Å². The molecule has 2 atom stereocenters. The van der Waals surface area contributed by atoms with Crippen LogP contribution in [-0.2, 0) is 72.6 Å². The third-order valence-corrected chi connectivity index (χ3v) is 5.75. The molecule has 0 saturated carbocycles. The summed E-state index contributed by atoms with van der Waals surface area (Å²) in [7, 11) is 1.33. The second kappa shape index (κ2) is 23.6. The van der Waals surface area contributed by atoms with Crippen molar-refractivity contribution in [1.29, 1.82) is 0 Å². The summed E-state index contributed by atoms with van der Waals surface area (Å²) >= 11 is 1.62. The van der Waals surface area contributed by atoms with E-state index in [0.717, 1.165) is 17.7 Å². The third-order valence-electron chi connectivity index (χ3n) is 5.10. The predicted octanol–water partition coefficient (Wildman–Crippen LogP) is 3.10. The number of amides is 3. The van der Waals surface area contributed by atoms with Gasteiger partial charge in [-0.25, -0.2) is 11.3 Å². The molecule has 0 fully saturated rings. The Bertz CT molecular complexity index is 911. The number of benzene rings is 1. The molecule has 3 amide bonds. The van der Waals surface area contributed by atoms with E-state index in [4.69, 9.17) is 4.74 Å². The average molecular weight is 669 g/mol. The monoisotopic (exact) mass is 668 g/mol. The van der Waals surface area contributed by atoms with Crippen molar-refractivity contribution in [2.24, 2.45) is 5.92 Å². The number of carbonyl (C=O) groups excluding carboxylic acids is 5. The zero-order valence-corrected chi connectivity index (χ0v) is 28.9. The Morgan fingerprint density at radius 2 is 1.68 bits per heavy atom. The second-order valence-corrected chi connectivity index (χ2v) is 11.5. The number of nitrogens with one attached hydrogen (secondary N) is 3. The molecule has 0 saturated heterocycles. The van der Waals surface area contributed by atoms with Gasteiger partial charge in [-0.15, -0.1) is 0 Å². The molecule has 229 valence electrons. The Morgan fingerprint density at radius 3 is 2.20 bits per heavy atom. The zero-order chi connectivity index (χ0) is 30.6. The molecule has 0 heterocycles. The van der Waals surface area contributed by atoms with E-state index >= 15 is 0 Å². The van der Waals surface area contributed by atoms with E-state index in [1.54, 1.807) is 45.5 Å². The summed E-state index contributed by atoms with van der Waals surface area (Å²) in [6.45, 7) is 10.9. The predicted molar refractivity (Wildman–Crippen MR) is 157 cm³/mol. The number of hydrogen-bond donors (Lipinski definition) is 3. The van der Waals surface area contributed by atoms with Crippen LogP contribution < -0.4 is 16.0 Å². The van der Waals surface area contributed by atoms with Crippen LogP contribution in [0.1, 0.15) is 65.9 Å². The van der Waals surface area contributed by atoms with Crippen LogP contribution in [0.2, 0.25) is 0 Å². The van der Waals surface area contributed by atoms with Crippen LogP contribution >= 0.6 is 11.8 Å². The first-order chi connectivity index (χ1) is 18.8. The van der Waals surface area contributed by atoms with E-state index in [-0.39, 0.29) is 63.5 Å². The van der Waals surface area contributed by atoms with Gasteiger partial charge in [0.15, 0.2) is 5.91 Å². The van der Waals surface area contributed by atoms with E-state index in [2.05, 4.69) is 34.5 Å². The fourth-order valence-electron chi connectivity index (χ4n) is 3.19. The normalized spacial score (nSPS) is 11.9. The van der Waals surface area contributed by atoms with Crippen molar-refractivity contribution in [2.45, 2.75) is 84.4 Å². The first-order valence-corrected chi connectivity index (χ1v) is 14.6. The molecular formula is C29H45N3O7SY-2. The molecular weight excluding hydrogens is 623 g/mol. The number of methoxy groups -OCH3 is 1. The van der Waals surface area contributed by atoms with Gasteiger partial charge in [-0.05, 0) is 51.2 Å². The Hall–Kier alpha value is -1.98. The fourth-order valence-corrected chi connectivity index (χ4v) is 3.71. The Balaban J connectivity index is 0. The maximum Gasteiger partial charge on any atom is 0.397 e. The molecule has 1 rings (SSSR count). The number of ether oxygens (including phenoxy) is 2. The molecule has 0 bridgehead atoms. The number of hydrogen-bond acceptors (Lipinski definition) is 8. The van der Waals surface area contributed by atoms with E-state index < -0.39 is 23.5 Å². The summed E-state index contributed by atoms with van der Waals surface area (Å²) in [5.74, 6) is -1.01. The molecule has 0 aromatic heterocycles. The number of thioether (sulfide) groups is 1. The summed E-state index contributed by atoms with van der Waals surface area (Å²) in [5.41, 5.74) is 0.325. The molecule has 41 heavy (non-hydrogen) atoms. The topological polar surface area (TPSA) is 140 Å². The van der Waals surface area contributed by atoms with Gasteiger partial charge in [-0.1, -0.05) is 50.1 Å². The summed E-state index contributed by atoms with van der Waals surface area (Å²) in [5, 5.41) is 7.82. The van der Waals surface area contributed by atoms with Crippen LogP contribution in [0.25, 0.3) is 0 Å². The van der Waals surface area contributed by atoms with Crippen LogP contribution in [0.4, 0.5) is 0 Å². The Labute approximate surface area is 274 Å². The number of rotatable bonds is 15. The first kappa shape index (κ1) is 41.2. The van der Waals surface area contributed by atoms with Gasteiger partial charge in [0.25, 0.3) is 0 Å². The average Bonchev–Trinajstić information content (AvgIpc) is 2.87. The van der Waals surface area contributed by atoms with Gasteiger partial charge in [0, 0.05) is 51.2 Å². The van der Waals surface area contributed by atoms with Gasteiger partial charge in [-0.2, -0.15) is 24.6 Å². The van der Waals surface area contributed by atoms with Crippen molar-refractivity contribution in [1.82, 2.24) is 16.0 Å². The van der Waals surface area contributed by atoms with Crippen LogP contribution in [-0.4, -0.2) is 67.0 Å². The summed E-state index contributed by atoms with van der Waals surface area (Å²) in [4.78, 5) is 57.0. The maximum atomic E-state index is 12.0. The quantitative estimate of drug-likeness (QED) is 0.112. The molecule has 3 N–H and O–H groups in total. The van der Waals surface area contributed by atoms with Crippen LogP contribution in [0.3, 0.4) is 0 Å². The van der Waals surface area contributed by atoms with E-state index in [1.165, 1.54) is 7.11 Å². The van der Waals surface area contributed by atoms with Crippen molar-refractivity contribution in [3.05, 3.63) is 42.4 Å². The third kappa shape index (κ3) is 23.3. The van der Waals surface area contributed by atoms with Gasteiger partial charge in [-0.3, -0.25) is 14.4 Å². The van der Waals surface area contributed by atoms with Gasteiger partial charge in [0.2, 0.25) is 0 Å². The molecule has 10 nitrogen and oxygen atoms in total. The second-order valence-electron chi connectivity index (χ2n) is 10.5. The van der Waals surface area contributed by atoms with E-state index in [9.17, 15) is 24.0 Å². The van der Waals surface area contributed by atoms with Gasteiger partial charge in [0.1, 0.15) is 5.60 Å². The first-order valence-electron chi connectivity index (χ1n) is 13.2. The SMILES string of the molecule is COC(=O)C[C@H](Cc1ccccc1)N[C-]=O.CSCC[C@@H](CC(=O)N[CH-]CC(C)C)NC(=O)C(=O)OC(C)(C)C.[Y]. The smallest absolute Gasteiger partial charge is 0.397 e. The largest absolute Gasteiger partial charge is 0.527 e. The van der Waals surface area contributed by atoms with Crippen molar-refractivity contribution in [2.75, 3.05) is 19.1 Å². The van der Waals surface area contributed by atoms with E-state index in [1.807, 2.05) is 36.6 Å². The molecule has 1 radical (unpaired) electrons. The van der Waals surface area contributed by atoms with Crippen LogP contribution in [0.15, 0.2) is 30.3 Å². The van der Waals surface area contributed by atoms with Crippen LogP contribution in [0.5, 0.6) is 0 Å². The summed E-state index contributed by atoms with van der Waals surface area (Å²) < 4.78 is 9.59. The van der Waals surface area contributed by atoms with Crippen molar-refractivity contribution >= 4 is 41.9 Å². The minimum absolute atomic E-state index is 0.